The van der Waals surface area contributed by atoms with Gasteiger partial charge in [0, 0.05) is 0 Å². The van der Waals surface area contributed by atoms with Gasteiger partial charge in [-0.15, -0.1) is 12.4 Å². The smallest absolute Gasteiger partial charge is 0.194 e. The number of aliphatic hydroxyl groups is 1. The normalized spacial score (nSPS) is 18.4. The Kier molecular flexibility index (Phi) is 4.41. The summed E-state index contributed by atoms with van der Waals surface area (Å²) in [7, 11) is 0. The predicted molar refractivity (Wildman–Crippen MR) is 59.2 cm³/mol. The Morgan fingerprint density at radius 3 is 2.06 bits per heavy atom. The molecule has 1 aliphatic carbocycles. The van der Waals surface area contributed by atoms with Gasteiger partial charge in [0.05, 0.1) is 12.1 Å². The third-order valence-electron chi connectivity index (χ3n) is 2.86. The first-order valence-corrected chi connectivity index (χ1v) is 5.09. The molecule has 0 aromatic heterocycles. The summed E-state index contributed by atoms with van der Waals surface area (Å²) in [4.78, 5) is 0. The Morgan fingerprint density at radius 1 is 1.18 bits per heavy atom. The second kappa shape index (κ2) is 5.25. The minimum Gasteiger partial charge on any atom is -0.391 e. The number of hydrogen-bond acceptors (Lipinski definition) is 2. The van der Waals surface area contributed by atoms with E-state index in [1.807, 2.05) is 0 Å². The van der Waals surface area contributed by atoms with Gasteiger partial charge in [0.2, 0.25) is 0 Å². The second-order valence-electron chi connectivity index (χ2n) is 4.15. The van der Waals surface area contributed by atoms with Gasteiger partial charge in [-0.3, -0.25) is 0 Å². The van der Waals surface area contributed by atoms with Gasteiger partial charge in [0.15, 0.2) is 17.5 Å². The molecule has 1 aliphatic rings. The molecule has 0 heterocycles. The molecular weight excluding hydrogens is 255 g/mol. The van der Waals surface area contributed by atoms with Crippen LogP contribution in [0.4, 0.5) is 13.2 Å². The molecular formula is C11H13ClF3NO. The maximum Gasteiger partial charge on any atom is 0.194 e. The number of halogens is 4. The molecule has 0 spiro atoms. The molecule has 0 radical (unpaired) electrons. The van der Waals surface area contributed by atoms with E-state index in [9.17, 15) is 18.3 Å². The molecule has 1 fully saturated rings. The molecule has 6 heteroatoms. The van der Waals surface area contributed by atoms with Crippen LogP contribution in [0.5, 0.6) is 0 Å². The van der Waals surface area contributed by atoms with Crippen LogP contribution in [-0.2, 0) is 0 Å². The lowest BCUT2D eigenvalue weighted by Gasteiger charge is -2.19. The van der Waals surface area contributed by atoms with Gasteiger partial charge in [0.25, 0.3) is 0 Å². The lowest BCUT2D eigenvalue weighted by Crippen LogP contribution is -2.28. The minimum atomic E-state index is -1.52. The average molecular weight is 268 g/mol. The van der Waals surface area contributed by atoms with Gasteiger partial charge in [-0.2, -0.15) is 0 Å². The molecule has 1 saturated carbocycles. The number of hydrogen-bond donors (Lipinski definition) is 2. The summed E-state index contributed by atoms with van der Waals surface area (Å²) in [5.74, 6) is -4.00. The second-order valence-corrected chi connectivity index (χ2v) is 4.15. The van der Waals surface area contributed by atoms with Crippen molar-refractivity contribution in [2.24, 2.45) is 11.7 Å². The highest BCUT2D eigenvalue weighted by molar-refractivity contribution is 5.85. The van der Waals surface area contributed by atoms with Crippen LogP contribution >= 0.6 is 12.4 Å². The van der Waals surface area contributed by atoms with Crippen LogP contribution in [0.15, 0.2) is 12.1 Å². The molecule has 1 aromatic rings. The summed E-state index contributed by atoms with van der Waals surface area (Å²) in [5, 5.41) is 9.70. The fourth-order valence-corrected chi connectivity index (χ4v) is 1.70. The third-order valence-corrected chi connectivity index (χ3v) is 2.86. The summed E-state index contributed by atoms with van der Waals surface area (Å²) in [6, 6.07) is 0.778. The van der Waals surface area contributed by atoms with Crippen molar-refractivity contribution in [2.75, 3.05) is 0 Å². The van der Waals surface area contributed by atoms with Crippen molar-refractivity contribution < 1.29 is 18.3 Å². The lowest BCUT2D eigenvalue weighted by atomic mass is 9.99. The highest BCUT2D eigenvalue weighted by Gasteiger charge is 2.34. The topological polar surface area (TPSA) is 46.2 Å². The van der Waals surface area contributed by atoms with E-state index >= 15 is 0 Å². The quantitative estimate of drug-likeness (QED) is 0.826. The van der Waals surface area contributed by atoms with E-state index < -0.39 is 29.6 Å². The van der Waals surface area contributed by atoms with Crippen LogP contribution in [0.3, 0.4) is 0 Å². The molecule has 0 amide bonds. The molecule has 3 N–H and O–H groups in total. The van der Waals surface area contributed by atoms with E-state index in [4.69, 9.17) is 5.73 Å². The lowest BCUT2D eigenvalue weighted by molar-refractivity contribution is 0.122. The zero-order valence-electron chi connectivity index (χ0n) is 8.87. The molecule has 0 aliphatic heterocycles. The largest absolute Gasteiger partial charge is 0.391 e. The van der Waals surface area contributed by atoms with E-state index in [1.54, 1.807) is 0 Å². The van der Waals surface area contributed by atoms with E-state index in [-0.39, 0.29) is 23.9 Å². The molecule has 0 unspecified atom stereocenters. The van der Waals surface area contributed by atoms with Crippen LogP contribution in [0, 0.1) is 23.4 Å². The molecule has 0 saturated heterocycles. The fourth-order valence-electron chi connectivity index (χ4n) is 1.70. The van der Waals surface area contributed by atoms with Crippen LogP contribution in [-0.4, -0.2) is 11.2 Å². The maximum atomic E-state index is 12.9. The van der Waals surface area contributed by atoms with Crippen LogP contribution in [0.1, 0.15) is 24.4 Å². The number of benzene rings is 1. The Hall–Kier alpha value is -0.780. The van der Waals surface area contributed by atoms with Gasteiger partial charge in [-0.05, 0) is 36.5 Å². The van der Waals surface area contributed by atoms with Gasteiger partial charge >= 0.3 is 0 Å². The zero-order chi connectivity index (χ0) is 11.9. The Labute approximate surface area is 103 Å². The molecule has 2 atom stereocenters. The van der Waals surface area contributed by atoms with Gasteiger partial charge < -0.3 is 10.8 Å². The fraction of sp³-hybridized carbons (Fsp3) is 0.455. The number of rotatable bonds is 3. The summed E-state index contributed by atoms with van der Waals surface area (Å²) < 4.78 is 38.5. The highest BCUT2D eigenvalue weighted by Crippen LogP contribution is 2.37. The summed E-state index contributed by atoms with van der Waals surface area (Å²) in [6.45, 7) is 0. The first-order valence-electron chi connectivity index (χ1n) is 5.09. The summed E-state index contributed by atoms with van der Waals surface area (Å²) in [5.41, 5.74) is 5.74. The van der Waals surface area contributed by atoms with Crippen molar-refractivity contribution in [3.8, 4) is 0 Å². The van der Waals surface area contributed by atoms with Crippen molar-refractivity contribution in [3.63, 3.8) is 0 Å². The van der Waals surface area contributed by atoms with Crippen molar-refractivity contribution >= 4 is 12.4 Å². The maximum absolute atomic E-state index is 12.9. The van der Waals surface area contributed by atoms with Crippen LogP contribution in [0.25, 0.3) is 0 Å². The molecule has 2 nitrogen and oxygen atoms in total. The third kappa shape index (κ3) is 2.91. The Balaban J connectivity index is 0.00000144. The highest BCUT2D eigenvalue weighted by atomic mass is 35.5. The average Bonchev–Trinajstić information content (AvgIpc) is 3.06. The zero-order valence-corrected chi connectivity index (χ0v) is 9.68. The Morgan fingerprint density at radius 2 is 1.65 bits per heavy atom. The summed E-state index contributed by atoms with van der Waals surface area (Å²) in [6.07, 6.45) is 0.895. The summed E-state index contributed by atoms with van der Waals surface area (Å²) >= 11 is 0. The molecule has 1 aromatic carbocycles. The molecule has 0 bridgehead atoms. The standard InChI is InChI=1S/C11H12F3NO.ClH/c12-7-3-6(4-8(13)9(7)14)10(15)11(16)5-1-2-5;/h3-5,10-11,16H,1-2,15H2;1H/t10-,11+;/m1./s1. The number of nitrogens with two attached hydrogens (primary N) is 1. The van der Waals surface area contributed by atoms with Crippen LogP contribution < -0.4 is 5.73 Å². The van der Waals surface area contributed by atoms with Gasteiger partial charge in [-0.1, -0.05) is 0 Å². The van der Waals surface area contributed by atoms with Crippen molar-refractivity contribution in [3.05, 3.63) is 35.1 Å². The molecule has 17 heavy (non-hydrogen) atoms. The molecule has 96 valence electrons. The number of aliphatic hydroxyl groups excluding tert-OH is 1. The van der Waals surface area contributed by atoms with E-state index in [1.165, 1.54) is 0 Å². The molecule has 2 rings (SSSR count). The van der Waals surface area contributed by atoms with E-state index in [0.717, 1.165) is 25.0 Å². The SMILES string of the molecule is Cl.N[C@H](c1cc(F)c(F)c(F)c1)[C@@H](O)C1CC1. The Bertz CT molecular complexity index is 389. The van der Waals surface area contributed by atoms with Crippen molar-refractivity contribution in [1.29, 1.82) is 0 Å². The van der Waals surface area contributed by atoms with Crippen molar-refractivity contribution in [1.82, 2.24) is 0 Å². The van der Waals surface area contributed by atoms with E-state index in [0.29, 0.717) is 0 Å². The van der Waals surface area contributed by atoms with Gasteiger partial charge in [0.1, 0.15) is 0 Å². The first kappa shape index (κ1) is 14.3. The van der Waals surface area contributed by atoms with E-state index in [2.05, 4.69) is 0 Å². The van der Waals surface area contributed by atoms with Crippen LogP contribution in [0.2, 0.25) is 0 Å². The van der Waals surface area contributed by atoms with Crippen molar-refractivity contribution in [2.45, 2.75) is 25.0 Å². The van der Waals surface area contributed by atoms with Gasteiger partial charge in [-0.25, -0.2) is 13.2 Å². The minimum absolute atomic E-state index is 0. The predicted octanol–water partition coefficient (Wildman–Crippen LogP) is 2.30. The first-order chi connectivity index (χ1) is 7.50. The monoisotopic (exact) mass is 267 g/mol.